The molecule has 2 heterocycles. The maximum absolute atomic E-state index is 14.9. The van der Waals surface area contributed by atoms with E-state index in [1.807, 2.05) is 60.7 Å². The van der Waals surface area contributed by atoms with Gasteiger partial charge < -0.3 is 23.7 Å². The Morgan fingerprint density at radius 1 is 0.870 bits per heavy atom. The molecule has 246 valence electrons. The van der Waals surface area contributed by atoms with Crippen molar-refractivity contribution in [1.82, 2.24) is 4.90 Å². The fourth-order valence-corrected chi connectivity index (χ4v) is 6.20. The minimum atomic E-state index is -4.84. The number of hydrogen-bond acceptors (Lipinski definition) is 8. The first-order valence-corrected chi connectivity index (χ1v) is 15.7. The van der Waals surface area contributed by atoms with E-state index in [4.69, 9.17) is 28.7 Å². The zero-order valence-corrected chi connectivity index (χ0v) is 26.7. The van der Waals surface area contributed by atoms with Crippen molar-refractivity contribution in [2.75, 3.05) is 7.05 Å². The average molecular weight is 659 g/mol. The SMILES string of the molecule is CN(C(=O)OC(C)(C)C)C1=N[C@@H]2[C@@H](OCc3ccccc3)[C@H](OCc3ccccc3)[C@@H]([C@@H](Oc3ccccc3)C(F)(F)F)O[C@@H]2S1. The number of rotatable bonds is 9. The van der Waals surface area contributed by atoms with Crippen molar-refractivity contribution in [3.05, 3.63) is 102 Å². The van der Waals surface area contributed by atoms with Crippen LogP contribution in [0.4, 0.5) is 18.0 Å². The van der Waals surface area contributed by atoms with Crippen molar-refractivity contribution < 1.29 is 41.7 Å². The summed E-state index contributed by atoms with van der Waals surface area (Å²) in [4.78, 5) is 18.9. The second-order valence-electron chi connectivity index (χ2n) is 11.9. The molecule has 0 spiro atoms. The molecule has 12 heteroatoms. The first-order valence-electron chi connectivity index (χ1n) is 14.8. The normalized spacial score (nSPS) is 23.6. The van der Waals surface area contributed by atoms with E-state index in [9.17, 15) is 18.0 Å². The number of para-hydroxylation sites is 1. The number of amidine groups is 1. The van der Waals surface area contributed by atoms with Gasteiger partial charge in [-0.3, -0.25) is 9.89 Å². The predicted molar refractivity (Wildman–Crippen MR) is 168 cm³/mol. The number of carbonyl (C=O) groups excluding carboxylic acids is 1. The molecule has 0 N–H and O–H groups in total. The molecule has 1 saturated heterocycles. The van der Waals surface area contributed by atoms with Crippen molar-refractivity contribution >= 4 is 23.0 Å². The van der Waals surface area contributed by atoms with Crippen molar-refractivity contribution in [2.24, 2.45) is 4.99 Å². The van der Waals surface area contributed by atoms with Gasteiger partial charge in [0.15, 0.2) is 5.17 Å². The van der Waals surface area contributed by atoms with Gasteiger partial charge in [-0.2, -0.15) is 13.2 Å². The lowest BCUT2D eigenvalue weighted by Crippen LogP contribution is -2.63. The molecule has 0 saturated carbocycles. The van der Waals surface area contributed by atoms with Crippen LogP contribution in [0.25, 0.3) is 0 Å². The lowest BCUT2D eigenvalue weighted by Gasteiger charge is -2.45. The Bertz CT molecular complexity index is 1460. The molecule has 0 aromatic heterocycles. The summed E-state index contributed by atoms with van der Waals surface area (Å²) in [6, 6.07) is 25.4. The molecule has 6 atom stereocenters. The number of thioether (sulfide) groups is 1. The molecule has 3 aromatic rings. The van der Waals surface area contributed by atoms with E-state index < -0.39 is 53.8 Å². The largest absolute Gasteiger partial charge is 0.478 e. The summed E-state index contributed by atoms with van der Waals surface area (Å²) in [5.74, 6) is 0.0276. The van der Waals surface area contributed by atoms with Gasteiger partial charge in [-0.1, -0.05) is 90.6 Å². The standard InChI is InChI=1S/C34H37F3N2O6S/c1-33(2,3)45-32(40)39(4)31-38-25-26(41-20-22-14-8-5-9-15-22)27(42-21-23-16-10-6-11-17-23)28(44-30(25)46-31)29(34(35,36)37)43-24-18-12-7-13-19-24/h5-19,25-30H,20-21H2,1-4H3/t25-,26-,27+,28+,29-,30-/m1/s1. The number of benzene rings is 3. The molecular weight excluding hydrogens is 621 g/mol. The number of nitrogens with zero attached hydrogens (tertiary/aromatic N) is 2. The van der Waals surface area contributed by atoms with Gasteiger partial charge in [-0.25, -0.2) is 4.79 Å². The smallest absolute Gasteiger partial charge is 0.428 e. The maximum atomic E-state index is 14.9. The Labute approximate surface area is 270 Å². The molecular formula is C34H37F3N2O6S. The van der Waals surface area contributed by atoms with Crippen LogP contribution in [0.2, 0.25) is 0 Å². The molecule has 1 fully saturated rings. The summed E-state index contributed by atoms with van der Waals surface area (Å²) >= 11 is 1.03. The number of halogens is 3. The van der Waals surface area contributed by atoms with Crippen LogP contribution in [0, 0.1) is 0 Å². The number of ether oxygens (including phenoxy) is 5. The maximum Gasteiger partial charge on any atom is 0.428 e. The van der Waals surface area contributed by atoms with E-state index >= 15 is 0 Å². The van der Waals surface area contributed by atoms with E-state index in [-0.39, 0.29) is 24.1 Å². The van der Waals surface area contributed by atoms with Gasteiger partial charge in [0.2, 0.25) is 6.10 Å². The molecule has 1 amide bonds. The van der Waals surface area contributed by atoms with Crippen LogP contribution in [0.1, 0.15) is 31.9 Å². The summed E-state index contributed by atoms with van der Waals surface area (Å²) in [7, 11) is 1.50. The van der Waals surface area contributed by atoms with Gasteiger partial charge in [-0.15, -0.1) is 0 Å². The quantitative estimate of drug-likeness (QED) is 0.240. The fourth-order valence-electron chi connectivity index (χ4n) is 5.04. The molecule has 2 aliphatic heterocycles. The van der Waals surface area contributed by atoms with E-state index in [0.717, 1.165) is 22.9 Å². The van der Waals surface area contributed by atoms with Gasteiger partial charge in [0, 0.05) is 7.05 Å². The second-order valence-corrected chi connectivity index (χ2v) is 13.0. The summed E-state index contributed by atoms with van der Waals surface area (Å²) in [5.41, 5.74) is -0.132. The minimum Gasteiger partial charge on any atom is -0.478 e. The van der Waals surface area contributed by atoms with Crippen molar-refractivity contribution in [2.45, 2.75) is 81.7 Å². The first-order chi connectivity index (χ1) is 21.9. The number of aliphatic imine (C=N–C) groups is 1. The Balaban J connectivity index is 1.52. The monoisotopic (exact) mass is 658 g/mol. The predicted octanol–water partition coefficient (Wildman–Crippen LogP) is 7.23. The highest BCUT2D eigenvalue weighted by molar-refractivity contribution is 8.14. The molecule has 0 unspecified atom stereocenters. The highest BCUT2D eigenvalue weighted by atomic mass is 32.2. The van der Waals surface area contributed by atoms with Crippen LogP contribution >= 0.6 is 11.8 Å². The van der Waals surface area contributed by atoms with Crippen molar-refractivity contribution in [1.29, 1.82) is 0 Å². The van der Waals surface area contributed by atoms with Gasteiger partial charge in [-0.05, 0) is 44.0 Å². The number of hydrogen-bond donors (Lipinski definition) is 0. The highest BCUT2D eigenvalue weighted by Gasteiger charge is 2.59. The summed E-state index contributed by atoms with van der Waals surface area (Å²) in [6.45, 7) is 5.29. The van der Waals surface area contributed by atoms with Crippen LogP contribution in [0.15, 0.2) is 96.0 Å². The zero-order chi connectivity index (χ0) is 32.9. The Morgan fingerprint density at radius 2 is 1.39 bits per heavy atom. The van der Waals surface area contributed by atoms with E-state index in [2.05, 4.69) is 0 Å². The van der Waals surface area contributed by atoms with Gasteiger partial charge in [0.25, 0.3) is 0 Å². The Kier molecular flexibility index (Phi) is 10.6. The third kappa shape index (κ3) is 8.61. The van der Waals surface area contributed by atoms with Crippen molar-refractivity contribution in [3.63, 3.8) is 0 Å². The molecule has 0 radical (unpaired) electrons. The average Bonchev–Trinajstić information content (AvgIpc) is 3.45. The Morgan fingerprint density at radius 3 is 1.91 bits per heavy atom. The van der Waals surface area contributed by atoms with Crippen molar-refractivity contribution in [3.8, 4) is 5.75 Å². The van der Waals surface area contributed by atoms with E-state index in [1.54, 1.807) is 39.0 Å². The van der Waals surface area contributed by atoms with E-state index in [1.165, 1.54) is 24.1 Å². The van der Waals surface area contributed by atoms with Crippen LogP contribution in [0.5, 0.6) is 5.75 Å². The fraction of sp³-hybridized carbons (Fsp3) is 0.412. The minimum absolute atomic E-state index is 0.00854. The topological polar surface area (TPSA) is 78.8 Å². The number of amides is 1. The van der Waals surface area contributed by atoms with Crippen LogP contribution in [-0.4, -0.2) is 70.9 Å². The lowest BCUT2D eigenvalue weighted by molar-refractivity contribution is -0.276. The number of fused-ring (bicyclic) bond motifs is 1. The molecule has 2 aliphatic rings. The van der Waals surface area contributed by atoms with Crippen LogP contribution < -0.4 is 4.74 Å². The van der Waals surface area contributed by atoms with E-state index in [0.29, 0.717) is 0 Å². The third-order valence-corrected chi connectivity index (χ3v) is 8.40. The molecule has 0 bridgehead atoms. The molecule has 0 aliphatic carbocycles. The summed E-state index contributed by atoms with van der Waals surface area (Å²) in [5, 5.41) is 0.229. The first kappa shape index (κ1) is 33.8. The van der Waals surface area contributed by atoms with Crippen LogP contribution in [0.3, 0.4) is 0 Å². The van der Waals surface area contributed by atoms with Crippen LogP contribution in [-0.2, 0) is 32.2 Å². The highest BCUT2D eigenvalue weighted by Crippen LogP contribution is 2.43. The second kappa shape index (κ2) is 14.5. The molecule has 5 rings (SSSR count). The number of alkyl halides is 3. The van der Waals surface area contributed by atoms with Gasteiger partial charge >= 0.3 is 12.3 Å². The molecule has 8 nitrogen and oxygen atoms in total. The molecule has 46 heavy (non-hydrogen) atoms. The summed E-state index contributed by atoms with van der Waals surface area (Å²) < 4.78 is 74.8. The van der Waals surface area contributed by atoms with Gasteiger partial charge in [0.05, 0.1) is 13.2 Å². The Hall–Kier alpha value is -3.58. The third-order valence-electron chi connectivity index (χ3n) is 7.19. The summed E-state index contributed by atoms with van der Waals surface area (Å²) in [6.07, 6.45) is -11.8. The van der Waals surface area contributed by atoms with Gasteiger partial charge in [0.1, 0.15) is 41.1 Å². The molecule has 3 aromatic carbocycles. The zero-order valence-electron chi connectivity index (χ0n) is 25.9. The number of carbonyl (C=O) groups is 1. The lowest BCUT2D eigenvalue weighted by atomic mass is 9.93.